The minimum absolute atomic E-state index is 0.199. The zero-order valence-corrected chi connectivity index (χ0v) is 18.7. The summed E-state index contributed by atoms with van der Waals surface area (Å²) in [5, 5.41) is 13.1. The van der Waals surface area contributed by atoms with Crippen molar-refractivity contribution in [3.05, 3.63) is 75.9 Å². The fraction of sp³-hybridized carbons (Fsp3) is 0.261. The number of carbonyl (C=O) groups is 1. The van der Waals surface area contributed by atoms with Crippen molar-refractivity contribution in [2.24, 2.45) is 11.0 Å². The van der Waals surface area contributed by atoms with Gasteiger partial charge in [-0.3, -0.25) is 9.89 Å². The van der Waals surface area contributed by atoms with E-state index in [1.807, 2.05) is 30.3 Å². The van der Waals surface area contributed by atoms with Crippen LogP contribution in [0.1, 0.15) is 43.8 Å². The van der Waals surface area contributed by atoms with Crippen molar-refractivity contribution in [2.45, 2.75) is 33.4 Å². The second-order valence-corrected chi connectivity index (χ2v) is 8.67. The van der Waals surface area contributed by atoms with Crippen LogP contribution in [0.5, 0.6) is 0 Å². The third kappa shape index (κ3) is 4.31. The van der Waals surface area contributed by atoms with Crippen molar-refractivity contribution < 1.29 is 9.53 Å². The number of carbonyl (C=O) groups excluding carboxylic acids is 1. The van der Waals surface area contributed by atoms with E-state index in [0.29, 0.717) is 17.5 Å². The second-order valence-electron chi connectivity index (χ2n) is 7.76. The molecule has 0 spiro atoms. The van der Waals surface area contributed by atoms with Crippen LogP contribution in [-0.4, -0.2) is 27.0 Å². The van der Waals surface area contributed by atoms with Crippen molar-refractivity contribution >= 4 is 27.7 Å². The number of hydrazone groups is 1. The standard InChI is InChI=1S/C23H23BrN4O2/c1-14(2)11-16-7-9-17(10-8-16)20-13-21(26-25-20)22-27-28(15(3)29)23(30-22)18-5-4-6-19(24)12-18/h4-10,12-14,23H,11H2,1-3H3,(H,25,26)/t23-/m1/s1. The summed E-state index contributed by atoms with van der Waals surface area (Å²) in [5.41, 5.74) is 4.57. The number of nitrogens with zero attached hydrogens (tertiary/aromatic N) is 3. The summed E-state index contributed by atoms with van der Waals surface area (Å²) in [7, 11) is 0. The molecule has 154 valence electrons. The molecule has 1 atom stereocenters. The maximum absolute atomic E-state index is 12.1. The Kier molecular flexibility index (Phi) is 5.72. The minimum Gasteiger partial charge on any atom is -0.445 e. The highest BCUT2D eigenvalue weighted by Crippen LogP contribution is 2.32. The van der Waals surface area contributed by atoms with Crippen LogP contribution in [-0.2, 0) is 16.0 Å². The first-order valence-corrected chi connectivity index (χ1v) is 10.7. The van der Waals surface area contributed by atoms with Gasteiger partial charge in [0.05, 0.1) is 5.69 Å². The Morgan fingerprint density at radius 1 is 1.20 bits per heavy atom. The second kappa shape index (κ2) is 8.44. The molecule has 7 heteroatoms. The third-order valence-electron chi connectivity index (χ3n) is 4.80. The van der Waals surface area contributed by atoms with E-state index in [-0.39, 0.29) is 5.91 Å². The van der Waals surface area contributed by atoms with E-state index in [1.165, 1.54) is 17.5 Å². The van der Waals surface area contributed by atoms with Crippen LogP contribution in [0.15, 0.2) is 64.2 Å². The molecular weight excluding hydrogens is 444 g/mol. The maximum atomic E-state index is 12.1. The molecule has 2 heterocycles. The third-order valence-corrected chi connectivity index (χ3v) is 5.30. The van der Waals surface area contributed by atoms with Crippen LogP contribution >= 0.6 is 15.9 Å². The first-order valence-electron chi connectivity index (χ1n) is 9.86. The van der Waals surface area contributed by atoms with Gasteiger partial charge in [-0.2, -0.15) is 10.1 Å². The molecule has 3 aromatic rings. The molecule has 1 N–H and O–H groups in total. The Balaban J connectivity index is 1.57. The molecule has 1 aliphatic rings. The highest BCUT2D eigenvalue weighted by Gasteiger charge is 2.34. The van der Waals surface area contributed by atoms with Gasteiger partial charge in [-0.1, -0.05) is 66.2 Å². The zero-order chi connectivity index (χ0) is 21.3. The fourth-order valence-electron chi connectivity index (χ4n) is 3.41. The maximum Gasteiger partial charge on any atom is 0.259 e. The van der Waals surface area contributed by atoms with E-state index in [1.54, 1.807) is 0 Å². The van der Waals surface area contributed by atoms with E-state index in [9.17, 15) is 4.79 Å². The van der Waals surface area contributed by atoms with Gasteiger partial charge in [0.25, 0.3) is 5.90 Å². The first-order chi connectivity index (χ1) is 14.4. The summed E-state index contributed by atoms with van der Waals surface area (Å²) in [6.07, 6.45) is 0.436. The largest absolute Gasteiger partial charge is 0.445 e. The number of hydrogen-bond donors (Lipinski definition) is 1. The van der Waals surface area contributed by atoms with Crippen molar-refractivity contribution in [3.63, 3.8) is 0 Å². The molecule has 30 heavy (non-hydrogen) atoms. The average molecular weight is 467 g/mol. The van der Waals surface area contributed by atoms with Crippen LogP contribution in [0.3, 0.4) is 0 Å². The summed E-state index contributed by atoms with van der Waals surface area (Å²) >= 11 is 3.46. The number of benzene rings is 2. The summed E-state index contributed by atoms with van der Waals surface area (Å²) in [4.78, 5) is 12.1. The Labute approximate surface area is 184 Å². The molecule has 0 aliphatic carbocycles. The van der Waals surface area contributed by atoms with Crippen LogP contribution in [0, 0.1) is 5.92 Å². The smallest absolute Gasteiger partial charge is 0.259 e. The van der Waals surface area contributed by atoms with Gasteiger partial charge in [-0.05, 0) is 36.1 Å². The highest BCUT2D eigenvalue weighted by molar-refractivity contribution is 9.10. The van der Waals surface area contributed by atoms with Crippen molar-refractivity contribution in [3.8, 4) is 11.3 Å². The van der Waals surface area contributed by atoms with E-state index in [2.05, 4.69) is 69.3 Å². The lowest BCUT2D eigenvalue weighted by atomic mass is 10.0. The van der Waals surface area contributed by atoms with Crippen molar-refractivity contribution in [1.82, 2.24) is 15.2 Å². The predicted molar refractivity (Wildman–Crippen MR) is 120 cm³/mol. The van der Waals surface area contributed by atoms with Crippen LogP contribution < -0.4 is 0 Å². The minimum atomic E-state index is -0.614. The lowest BCUT2D eigenvalue weighted by Gasteiger charge is -2.19. The molecule has 0 saturated carbocycles. The van der Waals surface area contributed by atoms with Crippen LogP contribution in [0.2, 0.25) is 0 Å². The quantitative estimate of drug-likeness (QED) is 0.555. The molecule has 0 bridgehead atoms. The molecular formula is C23H23BrN4O2. The SMILES string of the molecule is CC(=O)N1N=C(c2cc(-c3ccc(CC(C)C)cc3)n[nH]2)O[C@@H]1c1cccc(Br)c1. The summed E-state index contributed by atoms with van der Waals surface area (Å²) in [5.74, 6) is 0.758. The number of hydrogen-bond acceptors (Lipinski definition) is 4. The molecule has 0 fully saturated rings. The van der Waals surface area contributed by atoms with Crippen LogP contribution in [0.4, 0.5) is 0 Å². The van der Waals surface area contributed by atoms with Gasteiger partial charge in [0, 0.05) is 22.5 Å². The van der Waals surface area contributed by atoms with E-state index >= 15 is 0 Å². The first kappa shape index (κ1) is 20.3. The lowest BCUT2D eigenvalue weighted by Crippen LogP contribution is -2.25. The summed E-state index contributed by atoms with van der Waals surface area (Å²) in [6.45, 7) is 5.89. The number of aromatic nitrogens is 2. The van der Waals surface area contributed by atoms with Crippen molar-refractivity contribution in [1.29, 1.82) is 0 Å². The summed E-state index contributed by atoms with van der Waals surface area (Å²) in [6, 6.07) is 17.9. The number of halogens is 1. The Morgan fingerprint density at radius 3 is 2.63 bits per heavy atom. The Hall–Kier alpha value is -2.93. The fourth-order valence-corrected chi connectivity index (χ4v) is 3.83. The molecule has 6 nitrogen and oxygen atoms in total. The van der Waals surface area contributed by atoms with Gasteiger partial charge in [0.2, 0.25) is 12.1 Å². The average Bonchev–Trinajstić information content (AvgIpc) is 3.36. The van der Waals surface area contributed by atoms with E-state index in [0.717, 1.165) is 27.7 Å². The molecule has 0 unspecified atom stereocenters. The van der Waals surface area contributed by atoms with Gasteiger partial charge in [0.15, 0.2) is 0 Å². The highest BCUT2D eigenvalue weighted by atomic mass is 79.9. The number of ether oxygens (including phenoxy) is 1. The Bertz CT molecular complexity index is 1090. The Morgan fingerprint density at radius 2 is 1.97 bits per heavy atom. The predicted octanol–water partition coefficient (Wildman–Crippen LogP) is 5.28. The molecule has 1 amide bonds. The molecule has 4 rings (SSSR count). The van der Waals surface area contributed by atoms with Crippen molar-refractivity contribution in [2.75, 3.05) is 0 Å². The van der Waals surface area contributed by atoms with E-state index in [4.69, 9.17) is 4.74 Å². The van der Waals surface area contributed by atoms with Crippen LogP contribution in [0.25, 0.3) is 11.3 Å². The monoisotopic (exact) mass is 466 g/mol. The topological polar surface area (TPSA) is 70.6 Å². The lowest BCUT2D eigenvalue weighted by molar-refractivity contribution is -0.135. The molecule has 1 aliphatic heterocycles. The number of nitrogens with one attached hydrogen (secondary N) is 1. The van der Waals surface area contributed by atoms with E-state index < -0.39 is 6.23 Å². The van der Waals surface area contributed by atoms with Gasteiger partial charge in [0.1, 0.15) is 5.69 Å². The number of rotatable bonds is 5. The molecule has 2 aromatic carbocycles. The molecule has 0 saturated heterocycles. The van der Waals surface area contributed by atoms with Gasteiger partial charge < -0.3 is 4.74 Å². The number of amides is 1. The molecule has 0 radical (unpaired) electrons. The van der Waals surface area contributed by atoms with Gasteiger partial charge in [-0.25, -0.2) is 0 Å². The molecule has 1 aromatic heterocycles. The normalized spacial score (nSPS) is 16.0. The summed E-state index contributed by atoms with van der Waals surface area (Å²) < 4.78 is 6.95. The van der Waals surface area contributed by atoms with Gasteiger partial charge in [-0.15, -0.1) is 5.10 Å². The number of aromatic amines is 1. The zero-order valence-electron chi connectivity index (χ0n) is 17.1. The number of H-pyrrole nitrogens is 1. The van der Waals surface area contributed by atoms with Gasteiger partial charge >= 0.3 is 0 Å².